The fourth-order valence-electron chi connectivity index (χ4n) is 3.66. The van der Waals surface area contributed by atoms with Gasteiger partial charge in [0, 0.05) is 38.3 Å². The van der Waals surface area contributed by atoms with Gasteiger partial charge in [0.05, 0.1) is 43.4 Å². The highest BCUT2D eigenvalue weighted by atomic mass is 79.9. The molecule has 0 unspecified atom stereocenters. The lowest BCUT2D eigenvalue weighted by atomic mass is 10.0. The van der Waals surface area contributed by atoms with Gasteiger partial charge in [0.25, 0.3) is 17.1 Å². The predicted octanol–water partition coefficient (Wildman–Crippen LogP) is 7.10. The summed E-state index contributed by atoms with van der Waals surface area (Å²) in [5, 5.41) is 34.5. The van der Waals surface area contributed by atoms with Crippen LogP contribution in [0.5, 0.6) is 0 Å². The Bertz CT molecular complexity index is 1510. The van der Waals surface area contributed by atoms with E-state index in [9.17, 15) is 43.5 Å². The van der Waals surface area contributed by atoms with Crippen LogP contribution >= 0.6 is 31.9 Å². The van der Waals surface area contributed by atoms with Crippen molar-refractivity contribution in [1.29, 1.82) is 0 Å². The van der Waals surface area contributed by atoms with Crippen molar-refractivity contribution in [1.82, 2.24) is 0 Å². The van der Waals surface area contributed by atoms with E-state index in [2.05, 4.69) is 36.9 Å². The van der Waals surface area contributed by atoms with E-state index in [4.69, 9.17) is 0 Å². The lowest BCUT2D eigenvalue weighted by Gasteiger charge is -2.13. The highest BCUT2D eigenvalue weighted by Gasteiger charge is 2.38. The first-order valence-electron chi connectivity index (χ1n) is 9.21. The number of hydrogen-bond donors (Lipinski definition) is 0. The molecule has 35 heavy (non-hydrogen) atoms. The molecule has 0 saturated heterocycles. The fraction of sp³-hybridized carbons (Fsp3) is 0.0500. The highest BCUT2D eigenvalue weighted by molar-refractivity contribution is 9.11. The Morgan fingerprint density at radius 2 is 1.40 bits per heavy atom. The minimum absolute atomic E-state index is 0.0627. The second kappa shape index (κ2) is 8.49. The average molecular weight is 616 g/mol. The molecule has 10 nitrogen and oxygen atoms in total. The summed E-state index contributed by atoms with van der Waals surface area (Å²) in [5.74, 6) is 0. The number of halogens is 5. The normalized spacial score (nSPS) is 13.5. The maximum atomic E-state index is 13.8. The molecular formula is C20H7Br2F3N4O6. The number of alkyl halides is 3. The first-order chi connectivity index (χ1) is 16.3. The van der Waals surface area contributed by atoms with E-state index in [1.165, 1.54) is 12.1 Å². The number of nitro groups is 3. The number of nitrogens with zero attached hydrogens (tertiary/aromatic N) is 4. The van der Waals surface area contributed by atoms with Crippen molar-refractivity contribution in [2.45, 2.75) is 6.18 Å². The Hall–Kier alpha value is -3.72. The van der Waals surface area contributed by atoms with Crippen LogP contribution in [0.25, 0.3) is 11.1 Å². The van der Waals surface area contributed by atoms with Gasteiger partial charge >= 0.3 is 6.18 Å². The maximum absolute atomic E-state index is 13.8. The molecule has 3 aromatic rings. The number of aliphatic imine (C=N–C) groups is 1. The van der Waals surface area contributed by atoms with Crippen molar-refractivity contribution in [2.75, 3.05) is 0 Å². The highest BCUT2D eigenvalue weighted by Crippen LogP contribution is 2.48. The Balaban J connectivity index is 2.15. The quantitative estimate of drug-likeness (QED) is 0.177. The molecule has 1 aliphatic rings. The standard InChI is InChI=1S/C20H7Br2F3N4O6/c21-8-3-14(20(23,24)25)19(15(22)4-8)26-18-12-5-9(27(30)31)1-2-11(12)17-13(18)6-10(28(32)33)7-16(17)29(34)35/h1-7H. The summed E-state index contributed by atoms with van der Waals surface area (Å²) in [6.45, 7) is 0. The second-order valence-electron chi connectivity index (χ2n) is 7.13. The van der Waals surface area contributed by atoms with Gasteiger partial charge in [-0.3, -0.25) is 30.3 Å². The van der Waals surface area contributed by atoms with E-state index >= 15 is 0 Å². The van der Waals surface area contributed by atoms with Gasteiger partial charge < -0.3 is 0 Å². The van der Waals surface area contributed by atoms with Gasteiger partial charge in [-0.25, -0.2) is 4.99 Å². The van der Waals surface area contributed by atoms with Crippen LogP contribution in [0.3, 0.4) is 0 Å². The van der Waals surface area contributed by atoms with Crippen LogP contribution in [0, 0.1) is 30.3 Å². The van der Waals surface area contributed by atoms with Gasteiger partial charge in [-0.2, -0.15) is 13.2 Å². The van der Waals surface area contributed by atoms with Crippen LogP contribution < -0.4 is 0 Å². The van der Waals surface area contributed by atoms with Crippen molar-refractivity contribution >= 4 is 60.3 Å². The Labute approximate surface area is 208 Å². The fourth-order valence-corrected chi connectivity index (χ4v) is 4.98. The largest absolute Gasteiger partial charge is 0.418 e. The third kappa shape index (κ3) is 4.27. The van der Waals surface area contributed by atoms with Crippen molar-refractivity contribution in [3.05, 3.63) is 98.4 Å². The van der Waals surface area contributed by atoms with Gasteiger partial charge in [-0.05, 0) is 39.7 Å². The summed E-state index contributed by atoms with van der Waals surface area (Å²) in [5.41, 5.74) is -4.33. The van der Waals surface area contributed by atoms with Crippen LogP contribution in [-0.4, -0.2) is 20.5 Å². The Kier molecular flexibility index (Phi) is 5.92. The maximum Gasteiger partial charge on any atom is 0.418 e. The number of fused-ring (bicyclic) bond motifs is 3. The average Bonchev–Trinajstić information content (AvgIpc) is 3.06. The smallest absolute Gasteiger partial charge is 0.258 e. The molecule has 0 aromatic heterocycles. The van der Waals surface area contributed by atoms with Crippen LogP contribution in [0.1, 0.15) is 16.7 Å². The topological polar surface area (TPSA) is 142 Å². The van der Waals surface area contributed by atoms with Gasteiger partial charge in [0.2, 0.25) is 0 Å². The number of hydrogen-bond acceptors (Lipinski definition) is 7. The Morgan fingerprint density at radius 3 is 1.97 bits per heavy atom. The van der Waals surface area contributed by atoms with E-state index < -0.39 is 49.3 Å². The van der Waals surface area contributed by atoms with E-state index in [1.807, 2.05) is 0 Å². The molecular weight excluding hydrogens is 609 g/mol. The summed E-state index contributed by atoms with van der Waals surface area (Å²) < 4.78 is 41.4. The van der Waals surface area contributed by atoms with Crippen LogP contribution in [0.15, 0.2) is 56.4 Å². The molecule has 0 heterocycles. The summed E-state index contributed by atoms with van der Waals surface area (Å²) >= 11 is 6.01. The molecule has 178 valence electrons. The van der Waals surface area contributed by atoms with Gasteiger partial charge in [-0.15, -0.1) is 0 Å². The van der Waals surface area contributed by atoms with Crippen LogP contribution in [0.2, 0.25) is 0 Å². The molecule has 0 atom stereocenters. The van der Waals surface area contributed by atoms with E-state index in [0.29, 0.717) is 6.07 Å². The van der Waals surface area contributed by atoms with Gasteiger partial charge in [0.1, 0.15) is 0 Å². The third-order valence-electron chi connectivity index (χ3n) is 5.06. The summed E-state index contributed by atoms with van der Waals surface area (Å²) in [6, 6.07) is 6.96. The molecule has 1 aliphatic carbocycles. The zero-order valence-corrected chi connectivity index (χ0v) is 19.8. The zero-order valence-electron chi connectivity index (χ0n) is 16.7. The second-order valence-corrected chi connectivity index (χ2v) is 8.90. The van der Waals surface area contributed by atoms with Crippen molar-refractivity contribution in [3.8, 4) is 11.1 Å². The van der Waals surface area contributed by atoms with Crippen molar-refractivity contribution in [3.63, 3.8) is 0 Å². The van der Waals surface area contributed by atoms with Crippen molar-refractivity contribution in [2.24, 2.45) is 4.99 Å². The lowest BCUT2D eigenvalue weighted by Crippen LogP contribution is -2.07. The number of nitro benzene ring substituents is 3. The van der Waals surface area contributed by atoms with Crippen molar-refractivity contribution < 1.29 is 27.9 Å². The zero-order chi connectivity index (χ0) is 25.8. The Morgan fingerprint density at radius 1 is 0.771 bits per heavy atom. The number of non-ortho nitro benzene ring substituents is 2. The van der Waals surface area contributed by atoms with Gasteiger partial charge in [-0.1, -0.05) is 15.9 Å². The van der Waals surface area contributed by atoms with E-state index in [0.717, 1.165) is 24.3 Å². The molecule has 0 amide bonds. The molecule has 0 spiro atoms. The first kappa shape index (κ1) is 24.4. The molecule has 4 rings (SSSR count). The molecule has 0 N–H and O–H groups in total. The molecule has 3 aromatic carbocycles. The van der Waals surface area contributed by atoms with Gasteiger partial charge in [0.15, 0.2) is 0 Å². The predicted molar refractivity (Wildman–Crippen MR) is 124 cm³/mol. The molecule has 15 heteroatoms. The summed E-state index contributed by atoms with van der Waals surface area (Å²) in [6.07, 6.45) is -4.87. The molecule has 0 radical (unpaired) electrons. The number of rotatable bonds is 4. The molecule has 0 fully saturated rings. The monoisotopic (exact) mass is 614 g/mol. The molecule has 0 saturated carbocycles. The molecule has 0 bridgehead atoms. The molecule has 0 aliphatic heterocycles. The van der Waals surface area contributed by atoms with Crippen LogP contribution in [0.4, 0.5) is 35.9 Å². The SMILES string of the molecule is O=[N+]([O-])c1ccc2c(c1)C(=Nc1c(Br)cc(Br)cc1C(F)(F)F)c1cc([N+](=O)[O-])cc([N+](=O)[O-])c1-2. The number of benzene rings is 3. The summed E-state index contributed by atoms with van der Waals surface area (Å²) in [4.78, 5) is 36.1. The van der Waals surface area contributed by atoms with Crippen LogP contribution in [-0.2, 0) is 6.18 Å². The van der Waals surface area contributed by atoms with E-state index in [1.54, 1.807) is 0 Å². The minimum Gasteiger partial charge on any atom is -0.258 e. The van der Waals surface area contributed by atoms with E-state index in [-0.39, 0.29) is 36.9 Å². The first-order valence-corrected chi connectivity index (χ1v) is 10.8. The minimum atomic E-state index is -4.87. The summed E-state index contributed by atoms with van der Waals surface area (Å²) in [7, 11) is 0. The third-order valence-corrected chi connectivity index (χ3v) is 6.12. The lowest BCUT2D eigenvalue weighted by molar-refractivity contribution is -0.393.